The van der Waals surface area contributed by atoms with Gasteiger partial charge < -0.3 is 5.32 Å². The van der Waals surface area contributed by atoms with Crippen LogP contribution in [0.4, 0.5) is 5.82 Å². The summed E-state index contributed by atoms with van der Waals surface area (Å²) in [5.74, 6) is 0.703. The third-order valence-electron chi connectivity index (χ3n) is 2.18. The maximum absolute atomic E-state index is 5.72. The number of nitrogens with one attached hydrogen (secondary N) is 1. The first-order chi connectivity index (χ1) is 8.15. The van der Waals surface area contributed by atoms with Gasteiger partial charge in [0.2, 0.25) is 5.28 Å². The van der Waals surface area contributed by atoms with Crippen molar-refractivity contribution in [2.75, 3.05) is 11.9 Å². The fourth-order valence-electron chi connectivity index (χ4n) is 1.40. The lowest BCUT2D eigenvalue weighted by molar-refractivity contribution is 0.767. The second-order valence-corrected chi connectivity index (χ2v) is 4.73. The van der Waals surface area contributed by atoms with Crippen molar-refractivity contribution < 1.29 is 0 Å². The summed E-state index contributed by atoms with van der Waals surface area (Å²) in [4.78, 5) is 7.95. The van der Waals surface area contributed by atoms with Crippen molar-refractivity contribution in [2.24, 2.45) is 7.05 Å². The standard InChI is InChI=1S/C10H11BrClN5/c1-17-6-7(4-15-17)2-3-13-9-8(11)5-14-10(12)16-9/h4-6H,2-3H2,1H3,(H,13,14,16). The molecule has 0 aliphatic heterocycles. The van der Waals surface area contributed by atoms with Gasteiger partial charge in [0.05, 0.1) is 10.7 Å². The zero-order valence-electron chi connectivity index (χ0n) is 9.19. The van der Waals surface area contributed by atoms with Gasteiger partial charge in [-0.3, -0.25) is 4.68 Å². The first-order valence-corrected chi connectivity index (χ1v) is 6.21. The highest BCUT2D eigenvalue weighted by Crippen LogP contribution is 2.19. The number of hydrogen-bond acceptors (Lipinski definition) is 4. The van der Waals surface area contributed by atoms with Gasteiger partial charge in [-0.05, 0) is 39.5 Å². The average Bonchev–Trinajstić information content (AvgIpc) is 2.69. The highest BCUT2D eigenvalue weighted by molar-refractivity contribution is 9.10. The van der Waals surface area contributed by atoms with Crippen LogP contribution in [0.25, 0.3) is 0 Å². The Labute approximate surface area is 112 Å². The molecular formula is C10H11BrClN5. The molecule has 0 aliphatic rings. The molecule has 0 unspecified atom stereocenters. The quantitative estimate of drug-likeness (QED) is 0.879. The molecule has 0 saturated carbocycles. The van der Waals surface area contributed by atoms with E-state index in [4.69, 9.17) is 11.6 Å². The van der Waals surface area contributed by atoms with Crippen LogP contribution < -0.4 is 5.32 Å². The van der Waals surface area contributed by atoms with Crippen LogP contribution in [0.3, 0.4) is 0 Å². The van der Waals surface area contributed by atoms with Crippen LogP contribution in [-0.2, 0) is 13.5 Å². The summed E-state index contributed by atoms with van der Waals surface area (Å²) >= 11 is 9.08. The maximum Gasteiger partial charge on any atom is 0.224 e. The molecule has 0 spiro atoms. The minimum Gasteiger partial charge on any atom is -0.369 e. The predicted molar refractivity (Wildman–Crippen MR) is 70.1 cm³/mol. The Bertz CT molecular complexity index is 513. The van der Waals surface area contributed by atoms with Crippen molar-refractivity contribution in [1.29, 1.82) is 0 Å². The SMILES string of the molecule is Cn1cc(CCNc2nc(Cl)ncc2Br)cn1. The maximum atomic E-state index is 5.72. The van der Waals surface area contributed by atoms with E-state index in [1.54, 1.807) is 10.9 Å². The van der Waals surface area contributed by atoms with Crippen LogP contribution in [0.2, 0.25) is 5.28 Å². The third kappa shape index (κ3) is 3.41. The van der Waals surface area contributed by atoms with Crippen LogP contribution in [0, 0.1) is 0 Å². The first kappa shape index (κ1) is 12.3. The van der Waals surface area contributed by atoms with E-state index in [2.05, 4.69) is 36.3 Å². The van der Waals surface area contributed by atoms with E-state index in [0.717, 1.165) is 17.4 Å². The Hall–Kier alpha value is -1.14. The van der Waals surface area contributed by atoms with E-state index in [0.29, 0.717) is 5.82 Å². The molecule has 2 aromatic heterocycles. The number of rotatable bonds is 4. The highest BCUT2D eigenvalue weighted by atomic mass is 79.9. The first-order valence-electron chi connectivity index (χ1n) is 5.04. The van der Waals surface area contributed by atoms with Crippen LogP contribution >= 0.6 is 27.5 Å². The van der Waals surface area contributed by atoms with Gasteiger partial charge in [0.1, 0.15) is 5.82 Å². The number of halogens is 2. The largest absolute Gasteiger partial charge is 0.369 e. The topological polar surface area (TPSA) is 55.6 Å². The molecule has 7 heteroatoms. The summed E-state index contributed by atoms with van der Waals surface area (Å²) in [6.07, 6.45) is 6.34. The smallest absolute Gasteiger partial charge is 0.224 e. The van der Waals surface area contributed by atoms with Crippen molar-refractivity contribution in [3.05, 3.63) is 33.9 Å². The molecule has 17 heavy (non-hydrogen) atoms. The third-order valence-corrected chi connectivity index (χ3v) is 2.94. The van der Waals surface area contributed by atoms with Gasteiger partial charge >= 0.3 is 0 Å². The van der Waals surface area contributed by atoms with E-state index >= 15 is 0 Å². The van der Waals surface area contributed by atoms with Crippen LogP contribution in [0.1, 0.15) is 5.56 Å². The van der Waals surface area contributed by atoms with Gasteiger partial charge in [-0.1, -0.05) is 0 Å². The Balaban J connectivity index is 1.91. The molecule has 2 aromatic rings. The number of anilines is 1. The normalized spacial score (nSPS) is 10.5. The molecule has 0 aliphatic carbocycles. The fraction of sp³-hybridized carbons (Fsp3) is 0.300. The molecule has 0 saturated heterocycles. The Morgan fingerprint density at radius 2 is 2.29 bits per heavy atom. The molecule has 0 aromatic carbocycles. The minimum absolute atomic E-state index is 0.233. The van der Waals surface area contributed by atoms with Crippen molar-refractivity contribution in [2.45, 2.75) is 6.42 Å². The second-order valence-electron chi connectivity index (χ2n) is 3.53. The Morgan fingerprint density at radius 1 is 1.47 bits per heavy atom. The zero-order chi connectivity index (χ0) is 12.3. The number of nitrogens with zero attached hydrogens (tertiary/aromatic N) is 4. The zero-order valence-corrected chi connectivity index (χ0v) is 11.5. The molecule has 2 heterocycles. The summed E-state index contributed by atoms with van der Waals surface area (Å²) in [6, 6.07) is 0. The summed E-state index contributed by atoms with van der Waals surface area (Å²) in [6.45, 7) is 0.762. The van der Waals surface area contributed by atoms with E-state index in [1.165, 1.54) is 5.56 Å². The van der Waals surface area contributed by atoms with E-state index in [-0.39, 0.29) is 5.28 Å². The van der Waals surface area contributed by atoms with E-state index in [9.17, 15) is 0 Å². The summed E-state index contributed by atoms with van der Waals surface area (Å²) < 4.78 is 2.58. The molecule has 2 rings (SSSR count). The minimum atomic E-state index is 0.233. The monoisotopic (exact) mass is 315 g/mol. The Morgan fingerprint density at radius 3 is 3.00 bits per heavy atom. The summed E-state index contributed by atoms with van der Waals surface area (Å²) in [5.41, 5.74) is 1.18. The molecule has 0 amide bonds. The predicted octanol–water partition coefficient (Wildman–Crippen LogP) is 2.28. The van der Waals surface area contributed by atoms with Gasteiger partial charge in [0.25, 0.3) is 0 Å². The number of hydrogen-bond donors (Lipinski definition) is 1. The van der Waals surface area contributed by atoms with E-state index < -0.39 is 0 Å². The van der Waals surface area contributed by atoms with Gasteiger partial charge in [-0.15, -0.1) is 0 Å². The molecule has 90 valence electrons. The van der Waals surface area contributed by atoms with Crippen LogP contribution in [-0.4, -0.2) is 26.3 Å². The molecule has 5 nitrogen and oxygen atoms in total. The fourth-order valence-corrected chi connectivity index (χ4v) is 1.86. The van der Waals surface area contributed by atoms with Crippen LogP contribution in [0.5, 0.6) is 0 Å². The molecule has 1 N–H and O–H groups in total. The lowest BCUT2D eigenvalue weighted by atomic mass is 10.2. The highest BCUT2D eigenvalue weighted by Gasteiger charge is 2.03. The van der Waals surface area contributed by atoms with Crippen molar-refractivity contribution in [1.82, 2.24) is 19.7 Å². The molecule has 0 bridgehead atoms. The van der Waals surface area contributed by atoms with Crippen molar-refractivity contribution >= 4 is 33.3 Å². The molecule has 0 radical (unpaired) electrons. The van der Waals surface area contributed by atoms with Crippen LogP contribution in [0.15, 0.2) is 23.1 Å². The molecule has 0 atom stereocenters. The lowest BCUT2D eigenvalue weighted by Gasteiger charge is -2.06. The number of aromatic nitrogens is 4. The van der Waals surface area contributed by atoms with Gasteiger partial charge in [-0.2, -0.15) is 10.1 Å². The van der Waals surface area contributed by atoms with E-state index in [1.807, 2.05) is 19.4 Å². The van der Waals surface area contributed by atoms with Crippen molar-refractivity contribution in [3.63, 3.8) is 0 Å². The van der Waals surface area contributed by atoms with Gasteiger partial charge in [0, 0.05) is 26.0 Å². The summed E-state index contributed by atoms with van der Waals surface area (Å²) in [5, 5.41) is 7.53. The lowest BCUT2D eigenvalue weighted by Crippen LogP contribution is -2.07. The van der Waals surface area contributed by atoms with Crippen molar-refractivity contribution in [3.8, 4) is 0 Å². The average molecular weight is 317 g/mol. The number of aryl methyl sites for hydroxylation is 1. The summed E-state index contributed by atoms with van der Waals surface area (Å²) in [7, 11) is 1.90. The molecular weight excluding hydrogens is 306 g/mol. The van der Waals surface area contributed by atoms with Gasteiger partial charge in [-0.25, -0.2) is 4.98 Å². The Kier molecular flexibility index (Phi) is 3.96. The second kappa shape index (κ2) is 5.46. The molecule has 0 fully saturated rings. The van der Waals surface area contributed by atoms with Gasteiger partial charge in [0.15, 0.2) is 0 Å².